The summed E-state index contributed by atoms with van der Waals surface area (Å²) in [5.41, 5.74) is 1.38. The molecule has 0 saturated heterocycles. The summed E-state index contributed by atoms with van der Waals surface area (Å²) in [6.07, 6.45) is 0. The molecule has 0 saturated carbocycles. The SMILES string of the molecule is C/C(=C/S)C(=N)P.CC. The van der Waals surface area contributed by atoms with E-state index in [2.05, 4.69) is 21.9 Å². The number of allylic oxidation sites excluding steroid dienone is 1. The summed E-state index contributed by atoms with van der Waals surface area (Å²) in [4.78, 5) is 0. The molecule has 0 rings (SSSR count). The van der Waals surface area contributed by atoms with Crippen LogP contribution in [0, 0.1) is 5.41 Å². The Kier molecular flexibility index (Phi) is 10.9. The van der Waals surface area contributed by atoms with Gasteiger partial charge in [0.2, 0.25) is 0 Å². The molecule has 0 amide bonds. The highest BCUT2D eigenvalue weighted by Crippen LogP contribution is 2.01. The molecule has 0 aliphatic carbocycles. The predicted molar refractivity (Wildman–Crippen MR) is 51.5 cm³/mol. The molecule has 0 aromatic rings. The maximum absolute atomic E-state index is 6.95. The van der Waals surface area contributed by atoms with E-state index >= 15 is 0 Å². The van der Waals surface area contributed by atoms with Crippen molar-refractivity contribution in [1.82, 2.24) is 0 Å². The van der Waals surface area contributed by atoms with Gasteiger partial charge in [-0.1, -0.05) is 23.1 Å². The first-order valence-electron chi connectivity index (χ1n) is 2.84. The first kappa shape index (κ1) is 11.9. The molecule has 54 valence electrons. The molecule has 0 aliphatic heterocycles. The topological polar surface area (TPSA) is 23.9 Å². The van der Waals surface area contributed by atoms with Crippen molar-refractivity contribution >= 4 is 27.3 Å². The van der Waals surface area contributed by atoms with Gasteiger partial charge in [0.1, 0.15) is 0 Å². The van der Waals surface area contributed by atoms with E-state index in [1.807, 2.05) is 20.8 Å². The molecule has 1 atom stereocenters. The highest BCUT2D eigenvalue weighted by Gasteiger charge is 1.84. The van der Waals surface area contributed by atoms with Crippen LogP contribution in [-0.2, 0) is 0 Å². The molecule has 0 bridgehead atoms. The van der Waals surface area contributed by atoms with Crippen molar-refractivity contribution < 1.29 is 0 Å². The Morgan fingerprint density at radius 2 is 1.89 bits per heavy atom. The minimum Gasteiger partial charge on any atom is -0.301 e. The predicted octanol–water partition coefficient (Wildman–Crippen LogP) is 2.70. The standard InChI is InChI=1S/C4H8NPS.C2H6/c1-3(2-7)4(5)6;1-2/h2,5,7H,6H2,1H3;1-2H3/b3-2-,5-4?;. The average molecular weight is 163 g/mol. The van der Waals surface area contributed by atoms with Gasteiger partial charge >= 0.3 is 0 Å². The van der Waals surface area contributed by atoms with Gasteiger partial charge in [-0.25, -0.2) is 0 Å². The van der Waals surface area contributed by atoms with E-state index in [0.717, 1.165) is 5.57 Å². The Bertz CT molecular complexity index is 110. The van der Waals surface area contributed by atoms with Gasteiger partial charge in [-0.15, -0.1) is 0 Å². The Hall–Kier alpha value is 0.190. The normalized spacial score (nSPS) is 9.67. The van der Waals surface area contributed by atoms with Crippen LogP contribution in [0.2, 0.25) is 0 Å². The summed E-state index contributed by atoms with van der Waals surface area (Å²) in [6.45, 7) is 5.84. The van der Waals surface area contributed by atoms with Crippen LogP contribution < -0.4 is 0 Å². The van der Waals surface area contributed by atoms with Gasteiger partial charge in [-0.2, -0.15) is 12.6 Å². The summed E-state index contributed by atoms with van der Waals surface area (Å²) in [5, 5.41) is 8.55. The monoisotopic (exact) mass is 163 g/mol. The van der Waals surface area contributed by atoms with Crippen LogP contribution in [0.3, 0.4) is 0 Å². The second-order valence-corrected chi connectivity index (χ2v) is 2.06. The van der Waals surface area contributed by atoms with Crippen LogP contribution in [0.1, 0.15) is 20.8 Å². The lowest BCUT2D eigenvalue weighted by atomic mass is 10.4. The fourth-order valence-corrected chi connectivity index (χ4v) is 0.432. The largest absolute Gasteiger partial charge is 0.301 e. The van der Waals surface area contributed by atoms with Gasteiger partial charge < -0.3 is 5.41 Å². The van der Waals surface area contributed by atoms with E-state index in [1.165, 1.54) is 0 Å². The molecular weight excluding hydrogens is 149 g/mol. The fraction of sp³-hybridized carbons (Fsp3) is 0.500. The Morgan fingerprint density at radius 3 is 1.89 bits per heavy atom. The van der Waals surface area contributed by atoms with E-state index in [9.17, 15) is 0 Å². The van der Waals surface area contributed by atoms with Crippen LogP contribution in [0.15, 0.2) is 11.0 Å². The van der Waals surface area contributed by atoms with Gasteiger partial charge in [0.25, 0.3) is 0 Å². The van der Waals surface area contributed by atoms with Crippen LogP contribution in [-0.4, -0.2) is 5.45 Å². The molecule has 1 unspecified atom stereocenters. The molecule has 9 heavy (non-hydrogen) atoms. The van der Waals surface area contributed by atoms with Crippen molar-refractivity contribution in [1.29, 1.82) is 5.41 Å². The summed E-state index contributed by atoms with van der Waals surface area (Å²) in [5.74, 6) is 0. The van der Waals surface area contributed by atoms with Crippen LogP contribution in [0.5, 0.6) is 0 Å². The minimum atomic E-state index is 0.495. The molecule has 0 spiro atoms. The van der Waals surface area contributed by atoms with Gasteiger partial charge in [-0.05, 0) is 17.9 Å². The number of hydrogen-bond acceptors (Lipinski definition) is 2. The lowest BCUT2D eigenvalue weighted by Crippen LogP contribution is -1.80. The highest BCUT2D eigenvalue weighted by atomic mass is 32.1. The maximum Gasteiger partial charge on any atom is 0.0513 e. The molecule has 0 aromatic carbocycles. The van der Waals surface area contributed by atoms with Crippen LogP contribution in [0.25, 0.3) is 0 Å². The first-order chi connectivity index (χ1) is 4.18. The zero-order chi connectivity index (χ0) is 7.86. The van der Waals surface area contributed by atoms with Crippen molar-refractivity contribution in [2.75, 3.05) is 0 Å². The number of thiol groups is 1. The number of rotatable bonds is 1. The van der Waals surface area contributed by atoms with Gasteiger partial charge in [0.05, 0.1) is 5.45 Å². The zero-order valence-corrected chi connectivity index (χ0v) is 8.15. The Labute approximate surface area is 65.1 Å². The van der Waals surface area contributed by atoms with E-state index in [4.69, 9.17) is 5.41 Å². The van der Waals surface area contributed by atoms with E-state index < -0.39 is 0 Å². The van der Waals surface area contributed by atoms with Crippen LogP contribution >= 0.6 is 21.9 Å². The third-order valence-corrected chi connectivity index (χ3v) is 1.46. The molecule has 0 radical (unpaired) electrons. The quantitative estimate of drug-likeness (QED) is 0.337. The van der Waals surface area contributed by atoms with Crippen molar-refractivity contribution in [2.24, 2.45) is 0 Å². The average Bonchev–Trinajstić information content (AvgIpc) is 1.91. The first-order valence-corrected chi connectivity index (χ1v) is 3.93. The van der Waals surface area contributed by atoms with Crippen molar-refractivity contribution in [3.8, 4) is 0 Å². The lowest BCUT2D eigenvalue weighted by Gasteiger charge is -1.89. The summed E-state index contributed by atoms with van der Waals surface area (Å²) < 4.78 is 0. The molecule has 1 N–H and O–H groups in total. The lowest BCUT2D eigenvalue weighted by molar-refractivity contribution is 1.50. The van der Waals surface area contributed by atoms with E-state index in [1.54, 1.807) is 5.41 Å². The number of hydrogen-bond donors (Lipinski definition) is 2. The van der Waals surface area contributed by atoms with Crippen molar-refractivity contribution in [3.05, 3.63) is 11.0 Å². The minimum absolute atomic E-state index is 0.495. The molecular formula is C6H14NPS. The third kappa shape index (κ3) is 8.19. The molecule has 0 aliphatic rings. The number of nitrogens with one attached hydrogen (secondary N) is 1. The van der Waals surface area contributed by atoms with Crippen LogP contribution in [0.4, 0.5) is 0 Å². The van der Waals surface area contributed by atoms with Gasteiger partial charge in [-0.3, -0.25) is 0 Å². The van der Waals surface area contributed by atoms with Gasteiger partial charge in [0.15, 0.2) is 0 Å². The molecule has 0 fully saturated rings. The summed E-state index contributed by atoms with van der Waals surface area (Å²) in [7, 11) is 2.28. The van der Waals surface area contributed by atoms with Gasteiger partial charge in [0, 0.05) is 0 Å². The second-order valence-electron chi connectivity index (χ2n) is 1.23. The summed E-state index contributed by atoms with van der Waals surface area (Å²) >= 11 is 3.84. The smallest absolute Gasteiger partial charge is 0.0513 e. The molecule has 1 nitrogen and oxygen atoms in total. The molecule has 3 heteroatoms. The maximum atomic E-state index is 6.95. The highest BCUT2D eigenvalue weighted by molar-refractivity contribution is 7.83. The third-order valence-electron chi connectivity index (χ3n) is 0.618. The van der Waals surface area contributed by atoms with Crippen molar-refractivity contribution in [2.45, 2.75) is 20.8 Å². The fourth-order valence-electron chi connectivity index (χ4n) is 0.0695. The molecule has 0 heterocycles. The Balaban J connectivity index is 0. The zero-order valence-electron chi connectivity index (χ0n) is 6.10. The van der Waals surface area contributed by atoms with Crippen molar-refractivity contribution in [3.63, 3.8) is 0 Å². The summed E-state index contributed by atoms with van der Waals surface area (Å²) in [6, 6.07) is 0. The molecule has 0 aromatic heterocycles. The Morgan fingerprint density at radius 1 is 1.56 bits per heavy atom. The van der Waals surface area contributed by atoms with E-state index in [0.29, 0.717) is 5.45 Å². The van der Waals surface area contributed by atoms with E-state index in [-0.39, 0.29) is 0 Å². The second kappa shape index (κ2) is 8.19.